The second kappa shape index (κ2) is 11.1. The van der Waals surface area contributed by atoms with Crippen molar-refractivity contribution in [1.29, 1.82) is 5.26 Å². The van der Waals surface area contributed by atoms with E-state index in [0.717, 1.165) is 10.0 Å². The second-order valence-electron chi connectivity index (χ2n) is 5.84. The molecule has 0 aliphatic carbocycles. The summed E-state index contributed by atoms with van der Waals surface area (Å²) >= 11 is 3.34. The average molecular weight is 445 g/mol. The Hall–Kier alpha value is -2.85. The maximum absolute atomic E-state index is 12.6. The molecule has 6 nitrogen and oxygen atoms in total. The van der Waals surface area contributed by atoms with Crippen molar-refractivity contribution in [3.63, 3.8) is 0 Å². The van der Waals surface area contributed by atoms with E-state index >= 15 is 0 Å². The second-order valence-corrected chi connectivity index (χ2v) is 6.76. The molecule has 1 amide bonds. The van der Waals surface area contributed by atoms with Gasteiger partial charge in [0.1, 0.15) is 5.75 Å². The van der Waals surface area contributed by atoms with Crippen LogP contribution in [0.2, 0.25) is 0 Å². The van der Waals surface area contributed by atoms with Gasteiger partial charge in [0.05, 0.1) is 25.5 Å². The first-order valence-electron chi connectivity index (χ1n) is 8.83. The van der Waals surface area contributed by atoms with Crippen LogP contribution in [0.4, 0.5) is 5.69 Å². The third kappa shape index (κ3) is 6.71. The molecule has 0 N–H and O–H groups in total. The lowest BCUT2D eigenvalue weighted by molar-refractivity contribution is -0.147. The Balaban J connectivity index is 1.97. The Morgan fingerprint density at radius 2 is 1.79 bits per heavy atom. The first kappa shape index (κ1) is 21.5. The lowest BCUT2D eigenvalue weighted by atomic mass is 10.2. The van der Waals surface area contributed by atoms with E-state index in [1.54, 1.807) is 24.3 Å². The number of hydrogen-bond acceptors (Lipinski definition) is 5. The van der Waals surface area contributed by atoms with Gasteiger partial charge < -0.3 is 14.4 Å². The van der Waals surface area contributed by atoms with Crippen LogP contribution in [0.5, 0.6) is 5.75 Å². The molecule has 2 aromatic carbocycles. The molecule has 0 fully saturated rings. The molecule has 0 unspecified atom stereocenters. The lowest BCUT2D eigenvalue weighted by Gasteiger charge is -2.22. The van der Waals surface area contributed by atoms with E-state index in [1.165, 1.54) is 4.90 Å². The Morgan fingerprint density at radius 1 is 1.11 bits per heavy atom. The molecule has 28 heavy (non-hydrogen) atoms. The number of nitriles is 1. The molecule has 0 aromatic heterocycles. The Kier molecular flexibility index (Phi) is 8.50. The van der Waals surface area contributed by atoms with Crippen LogP contribution in [0.3, 0.4) is 0 Å². The number of carbonyl (C=O) groups is 2. The van der Waals surface area contributed by atoms with Crippen LogP contribution in [-0.2, 0) is 20.7 Å². The number of benzene rings is 2. The van der Waals surface area contributed by atoms with Crippen molar-refractivity contribution >= 4 is 33.5 Å². The lowest BCUT2D eigenvalue weighted by Crippen LogP contribution is -2.35. The number of rotatable bonds is 9. The standard InChI is InChI=1S/C21H21BrN2O4/c1-2-27-19-10-8-18(9-11-19)24(13-3-12-23)20(25)15-28-21(26)14-16-4-6-17(22)7-5-16/h4-11H,2-3,13-15H2,1H3. The maximum Gasteiger partial charge on any atom is 0.310 e. The number of halogens is 1. The van der Waals surface area contributed by atoms with Gasteiger partial charge in [-0.3, -0.25) is 9.59 Å². The fraction of sp³-hybridized carbons (Fsp3) is 0.286. The van der Waals surface area contributed by atoms with E-state index in [9.17, 15) is 9.59 Å². The predicted octanol–water partition coefficient (Wildman–Crippen LogP) is 3.88. The van der Waals surface area contributed by atoms with Crippen molar-refractivity contribution in [2.24, 2.45) is 0 Å². The minimum Gasteiger partial charge on any atom is -0.494 e. The number of esters is 1. The zero-order chi connectivity index (χ0) is 20.4. The highest BCUT2D eigenvalue weighted by atomic mass is 79.9. The summed E-state index contributed by atoms with van der Waals surface area (Å²) in [5.74, 6) is -0.175. The SMILES string of the molecule is CCOc1ccc(N(CCC#N)C(=O)COC(=O)Cc2ccc(Br)cc2)cc1. The van der Waals surface area contributed by atoms with Crippen LogP contribution >= 0.6 is 15.9 Å². The average Bonchev–Trinajstić information content (AvgIpc) is 2.70. The normalized spacial score (nSPS) is 10.0. The summed E-state index contributed by atoms with van der Waals surface area (Å²) in [6.07, 6.45) is 0.258. The molecule has 0 saturated heterocycles. The number of hydrogen-bond donors (Lipinski definition) is 0. The predicted molar refractivity (Wildman–Crippen MR) is 109 cm³/mol. The molecule has 2 aromatic rings. The third-order valence-electron chi connectivity index (χ3n) is 3.83. The molecule has 7 heteroatoms. The molecule has 0 heterocycles. The minimum atomic E-state index is -0.484. The van der Waals surface area contributed by atoms with E-state index in [4.69, 9.17) is 14.7 Å². The number of anilines is 1. The van der Waals surface area contributed by atoms with Gasteiger partial charge >= 0.3 is 5.97 Å². The highest BCUT2D eigenvalue weighted by Crippen LogP contribution is 2.20. The summed E-state index contributed by atoms with van der Waals surface area (Å²) in [6, 6.07) is 16.3. The van der Waals surface area contributed by atoms with Crippen LogP contribution in [0.1, 0.15) is 18.9 Å². The molecular weight excluding hydrogens is 424 g/mol. The van der Waals surface area contributed by atoms with Crippen LogP contribution in [0.15, 0.2) is 53.0 Å². The highest BCUT2D eigenvalue weighted by molar-refractivity contribution is 9.10. The maximum atomic E-state index is 12.6. The quantitative estimate of drug-likeness (QED) is 0.548. The van der Waals surface area contributed by atoms with Crippen LogP contribution in [0, 0.1) is 11.3 Å². The molecule has 0 atom stereocenters. The van der Waals surface area contributed by atoms with Gasteiger partial charge in [-0.05, 0) is 48.9 Å². The summed E-state index contributed by atoms with van der Waals surface area (Å²) in [5.41, 5.74) is 1.42. The van der Waals surface area contributed by atoms with Gasteiger partial charge in [-0.15, -0.1) is 0 Å². The van der Waals surface area contributed by atoms with Gasteiger partial charge in [-0.25, -0.2) is 0 Å². The highest BCUT2D eigenvalue weighted by Gasteiger charge is 2.18. The third-order valence-corrected chi connectivity index (χ3v) is 4.35. The summed E-state index contributed by atoms with van der Waals surface area (Å²) < 4.78 is 11.4. The molecule has 0 saturated carbocycles. The Bertz CT molecular complexity index is 829. The Labute approximate surface area is 172 Å². The molecule has 2 rings (SSSR count). The molecular formula is C21H21BrN2O4. The van der Waals surface area contributed by atoms with Crippen molar-refractivity contribution in [3.8, 4) is 11.8 Å². The largest absolute Gasteiger partial charge is 0.494 e. The van der Waals surface area contributed by atoms with E-state index in [2.05, 4.69) is 15.9 Å². The molecule has 0 spiro atoms. The summed E-state index contributed by atoms with van der Waals surface area (Å²) in [4.78, 5) is 26.0. The van der Waals surface area contributed by atoms with Crippen molar-refractivity contribution in [3.05, 3.63) is 58.6 Å². The first-order chi connectivity index (χ1) is 13.5. The van der Waals surface area contributed by atoms with E-state index in [1.807, 2.05) is 37.3 Å². The summed E-state index contributed by atoms with van der Waals surface area (Å²) in [6.45, 7) is 2.27. The van der Waals surface area contributed by atoms with E-state index < -0.39 is 5.97 Å². The molecule has 0 aliphatic rings. The van der Waals surface area contributed by atoms with E-state index in [0.29, 0.717) is 18.0 Å². The van der Waals surface area contributed by atoms with Gasteiger partial charge in [0.25, 0.3) is 5.91 Å². The van der Waals surface area contributed by atoms with Crippen molar-refractivity contribution in [2.45, 2.75) is 19.8 Å². The van der Waals surface area contributed by atoms with Crippen LogP contribution in [0.25, 0.3) is 0 Å². The van der Waals surface area contributed by atoms with Crippen molar-refractivity contribution in [1.82, 2.24) is 0 Å². The number of amides is 1. The van der Waals surface area contributed by atoms with Gasteiger partial charge in [0.2, 0.25) is 0 Å². The van der Waals surface area contributed by atoms with Crippen LogP contribution < -0.4 is 9.64 Å². The van der Waals surface area contributed by atoms with E-state index in [-0.39, 0.29) is 31.9 Å². The van der Waals surface area contributed by atoms with Gasteiger partial charge in [0.15, 0.2) is 6.61 Å². The molecule has 0 aliphatic heterocycles. The fourth-order valence-electron chi connectivity index (χ4n) is 2.49. The molecule has 0 radical (unpaired) electrons. The zero-order valence-corrected chi connectivity index (χ0v) is 17.1. The number of nitrogens with zero attached hydrogens (tertiary/aromatic N) is 2. The Morgan fingerprint density at radius 3 is 2.39 bits per heavy atom. The van der Waals surface area contributed by atoms with Crippen molar-refractivity contribution in [2.75, 3.05) is 24.7 Å². The van der Waals surface area contributed by atoms with Gasteiger partial charge in [-0.2, -0.15) is 5.26 Å². The van der Waals surface area contributed by atoms with Gasteiger partial charge in [0, 0.05) is 16.7 Å². The van der Waals surface area contributed by atoms with Crippen molar-refractivity contribution < 1.29 is 19.1 Å². The molecule has 146 valence electrons. The topological polar surface area (TPSA) is 79.6 Å². The minimum absolute atomic E-state index is 0.0851. The van der Waals surface area contributed by atoms with Gasteiger partial charge in [-0.1, -0.05) is 28.1 Å². The summed E-state index contributed by atoms with van der Waals surface area (Å²) in [5, 5.41) is 8.86. The fourth-order valence-corrected chi connectivity index (χ4v) is 2.75. The smallest absolute Gasteiger partial charge is 0.310 e. The number of carbonyl (C=O) groups excluding carboxylic acids is 2. The molecule has 0 bridgehead atoms. The first-order valence-corrected chi connectivity index (χ1v) is 9.63. The summed E-state index contributed by atoms with van der Waals surface area (Å²) in [7, 11) is 0. The van der Waals surface area contributed by atoms with Crippen LogP contribution in [-0.4, -0.2) is 31.6 Å². The number of ether oxygens (including phenoxy) is 2. The zero-order valence-electron chi connectivity index (χ0n) is 15.6. The monoisotopic (exact) mass is 444 g/mol.